The first-order valence-corrected chi connectivity index (χ1v) is 18.2. The highest BCUT2D eigenvalue weighted by atomic mass is 35.5. The third kappa shape index (κ3) is 8.83. The second kappa shape index (κ2) is 16.5. The number of fused-ring (bicyclic) bond motifs is 3. The van der Waals surface area contributed by atoms with E-state index in [-0.39, 0.29) is 24.7 Å². The van der Waals surface area contributed by atoms with Gasteiger partial charge in [0.25, 0.3) is 0 Å². The first-order valence-electron chi connectivity index (χ1n) is 17.0. The van der Waals surface area contributed by atoms with Gasteiger partial charge in [-0.2, -0.15) is 0 Å². The summed E-state index contributed by atoms with van der Waals surface area (Å²) in [5.74, 6) is -0.437. The molecule has 0 unspecified atom stereocenters. The van der Waals surface area contributed by atoms with Crippen LogP contribution in [0.2, 0.25) is 5.02 Å². The van der Waals surface area contributed by atoms with E-state index in [1.165, 1.54) is 11.8 Å². The number of hydrogen-bond donors (Lipinski definition) is 4. The largest absolute Gasteiger partial charge is 0.356 e. The van der Waals surface area contributed by atoms with E-state index in [1.54, 1.807) is 11.3 Å². The molecule has 266 valence electrons. The summed E-state index contributed by atoms with van der Waals surface area (Å²) in [5.41, 5.74) is 3.90. The molecule has 1 aromatic carbocycles. The maximum Gasteiger partial charge on any atom is 0.249 e. The number of aromatic nitrogens is 3. The summed E-state index contributed by atoms with van der Waals surface area (Å²) in [5, 5.41) is 20.8. The van der Waals surface area contributed by atoms with Crippen LogP contribution in [0.5, 0.6) is 0 Å². The van der Waals surface area contributed by atoms with Crippen molar-refractivity contribution in [3.05, 3.63) is 62.5 Å². The van der Waals surface area contributed by atoms with E-state index in [2.05, 4.69) is 45.3 Å². The first-order chi connectivity index (χ1) is 23.9. The zero-order valence-corrected chi connectivity index (χ0v) is 30.3. The fourth-order valence-electron chi connectivity index (χ4n) is 6.07. The number of nitrogens with one attached hydrogen (secondary N) is 4. The van der Waals surface area contributed by atoms with Gasteiger partial charge in [-0.25, -0.2) is 0 Å². The minimum Gasteiger partial charge on any atom is -0.356 e. The number of aliphatic imine (C=N–C) groups is 1. The van der Waals surface area contributed by atoms with Gasteiger partial charge < -0.3 is 16.0 Å². The van der Waals surface area contributed by atoms with Crippen LogP contribution in [-0.2, 0) is 24.0 Å². The lowest BCUT2D eigenvalue weighted by Gasteiger charge is -2.16. The number of unbranched alkanes of at least 4 members (excludes halogenated alkanes) is 5. The fraction of sp³-hybridized carbons (Fsp3) is 0.486. The number of halogens is 1. The maximum absolute atomic E-state index is 13.2. The standard InChI is InChI=1S/C35H43ClN8O5S/c1-19-21(3)50-35-30(19)31(23-12-14-24(36)15-13-23)39-25(32-43-42-22(4)44(32)35)17-28(46)37-16-10-8-6-5-7-9-11-27(45)38-20(2)33(48)40-26-18-29(47)41-34(26)49/h12-15,20,25-26H,5-11,16-18H2,1-4H3,(H,37,46)(H,38,45)(H,40,48)(H,41,47,49)/t20-,25-,26-/m0/s1. The lowest BCUT2D eigenvalue weighted by Crippen LogP contribution is -2.49. The molecule has 2 aliphatic rings. The van der Waals surface area contributed by atoms with Gasteiger partial charge in [0.1, 0.15) is 29.0 Å². The van der Waals surface area contributed by atoms with Gasteiger partial charge in [0.05, 0.1) is 18.6 Å². The Balaban J connectivity index is 1.04. The molecule has 5 rings (SSSR count). The zero-order chi connectivity index (χ0) is 35.9. The predicted molar refractivity (Wildman–Crippen MR) is 191 cm³/mol. The number of carbonyl (C=O) groups is 5. The zero-order valence-electron chi connectivity index (χ0n) is 28.7. The molecule has 4 N–H and O–H groups in total. The van der Waals surface area contributed by atoms with Gasteiger partial charge in [0.15, 0.2) is 5.82 Å². The summed E-state index contributed by atoms with van der Waals surface area (Å²) in [6.07, 6.45) is 5.58. The first kappa shape index (κ1) is 36.8. The normalized spacial score (nSPS) is 17.3. The average Bonchev–Trinajstić information content (AvgIpc) is 3.67. The molecule has 3 atom stereocenters. The molecule has 1 saturated heterocycles. The Labute approximate surface area is 300 Å². The van der Waals surface area contributed by atoms with Crippen molar-refractivity contribution in [2.45, 2.75) is 104 Å². The quantitative estimate of drug-likeness (QED) is 0.135. The molecular formula is C35H43ClN8O5S. The number of hydrogen-bond acceptors (Lipinski definition) is 9. The van der Waals surface area contributed by atoms with Crippen molar-refractivity contribution in [3.8, 4) is 5.00 Å². The van der Waals surface area contributed by atoms with Crippen molar-refractivity contribution in [3.63, 3.8) is 0 Å². The Hall–Kier alpha value is -4.43. The molecule has 3 aromatic rings. The number of rotatable bonds is 15. The molecule has 13 nitrogen and oxygen atoms in total. The molecule has 2 aliphatic heterocycles. The highest BCUT2D eigenvalue weighted by molar-refractivity contribution is 7.15. The molecule has 0 saturated carbocycles. The summed E-state index contributed by atoms with van der Waals surface area (Å²) in [7, 11) is 0. The lowest BCUT2D eigenvalue weighted by molar-refractivity contribution is -0.131. The summed E-state index contributed by atoms with van der Waals surface area (Å²) < 4.78 is 2.04. The van der Waals surface area contributed by atoms with Crippen molar-refractivity contribution in [2.24, 2.45) is 4.99 Å². The third-order valence-electron chi connectivity index (χ3n) is 8.94. The van der Waals surface area contributed by atoms with Gasteiger partial charge in [0, 0.05) is 34.0 Å². The van der Waals surface area contributed by atoms with Crippen molar-refractivity contribution in [1.29, 1.82) is 0 Å². The van der Waals surface area contributed by atoms with E-state index in [0.717, 1.165) is 65.3 Å². The van der Waals surface area contributed by atoms with E-state index in [1.807, 2.05) is 35.8 Å². The number of imide groups is 1. The Morgan fingerprint density at radius 2 is 1.70 bits per heavy atom. The smallest absolute Gasteiger partial charge is 0.249 e. The highest BCUT2D eigenvalue weighted by Gasteiger charge is 2.34. The Bertz CT molecular complexity index is 1800. The second-order valence-corrected chi connectivity index (χ2v) is 14.4. The molecular weight excluding hydrogens is 680 g/mol. The molecule has 0 spiro atoms. The maximum atomic E-state index is 13.2. The molecule has 0 radical (unpaired) electrons. The van der Waals surface area contributed by atoms with Gasteiger partial charge >= 0.3 is 0 Å². The summed E-state index contributed by atoms with van der Waals surface area (Å²) in [6.45, 7) is 8.19. The number of nitrogens with zero attached hydrogens (tertiary/aromatic N) is 4. The van der Waals surface area contributed by atoms with Crippen LogP contribution in [-0.4, -0.2) is 68.6 Å². The average molecular weight is 723 g/mol. The van der Waals surface area contributed by atoms with E-state index < -0.39 is 35.8 Å². The van der Waals surface area contributed by atoms with Crippen LogP contribution in [0.4, 0.5) is 0 Å². The minimum atomic E-state index is -0.899. The molecule has 0 bridgehead atoms. The molecule has 0 aliphatic carbocycles. The molecule has 50 heavy (non-hydrogen) atoms. The van der Waals surface area contributed by atoms with Crippen molar-refractivity contribution >= 4 is 58.2 Å². The Morgan fingerprint density at radius 3 is 2.40 bits per heavy atom. The highest BCUT2D eigenvalue weighted by Crippen LogP contribution is 2.39. The summed E-state index contributed by atoms with van der Waals surface area (Å²) >= 11 is 7.87. The molecule has 1 fully saturated rings. The second-order valence-electron chi connectivity index (χ2n) is 12.8. The SMILES string of the molecule is Cc1sc2c(c1C)C(c1ccc(Cl)cc1)=N[C@@H](CC(=O)NCCCCCCCCC(=O)N[C@@H](C)C(=O)N[C@H]1CC(=O)NC1=O)c1nnc(C)n1-2. The van der Waals surface area contributed by atoms with Crippen LogP contribution in [0.1, 0.15) is 104 Å². The van der Waals surface area contributed by atoms with E-state index >= 15 is 0 Å². The number of thiophene rings is 1. The van der Waals surface area contributed by atoms with Crippen molar-refractivity contribution in [2.75, 3.05) is 6.54 Å². The topological polar surface area (TPSA) is 177 Å². The molecule has 4 heterocycles. The van der Waals surface area contributed by atoms with Crippen LogP contribution in [0.25, 0.3) is 5.00 Å². The van der Waals surface area contributed by atoms with Gasteiger partial charge in [-0.3, -0.25) is 38.8 Å². The van der Waals surface area contributed by atoms with Gasteiger partial charge in [-0.15, -0.1) is 21.5 Å². The number of carbonyl (C=O) groups excluding carboxylic acids is 5. The van der Waals surface area contributed by atoms with Crippen LogP contribution < -0.4 is 21.3 Å². The molecule has 15 heteroatoms. The molecule has 2 aromatic heterocycles. The molecule has 5 amide bonds. The van der Waals surface area contributed by atoms with Crippen LogP contribution in [0, 0.1) is 20.8 Å². The summed E-state index contributed by atoms with van der Waals surface area (Å²) in [6, 6.07) is 5.37. The van der Waals surface area contributed by atoms with Crippen LogP contribution in [0.3, 0.4) is 0 Å². The number of benzene rings is 1. The predicted octanol–water partition coefficient (Wildman–Crippen LogP) is 4.07. The van der Waals surface area contributed by atoms with E-state index in [0.29, 0.717) is 30.2 Å². The van der Waals surface area contributed by atoms with Crippen molar-refractivity contribution in [1.82, 2.24) is 36.0 Å². The lowest BCUT2D eigenvalue weighted by atomic mass is 9.99. The van der Waals surface area contributed by atoms with E-state index in [4.69, 9.17) is 16.6 Å². The summed E-state index contributed by atoms with van der Waals surface area (Å²) in [4.78, 5) is 67.0. The third-order valence-corrected chi connectivity index (χ3v) is 10.4. The van der Waals surface area contributed by atoms with Gasteiger partial charge in [-0.1, -0.05) is 49.4 Å². The van der Waals surface area contributed by atoms with E-state index in [9.17, 15) is 24.0 Å². The van der Waals surface area contributed by atoms with Gasteiger partial charge in [-0.05, 0) is 58.2 Å². The Morgan fingerprint density at radius 1 is 1.00 bits per heavy atom. The monoisotopic (exact) mass is 722 g/mol. The number of amides is 5. The van der Waals surface area contributed by atoms with Crippen LogP contribution in [0.15, 0.2) is 29.3 Å². The fourth-order valence-corrected chi connectivity index (χ4v) is 7.41. The van der Waals surface area contributed by atoms with Crippen molar-refractivity contribution < 1.29 is 24.0 Å². The van der Waals surface area contributed by atoms with Gasteiger partial charge in [0.2, 0.25) is 29.5 Å². The Kier molecular flexibility index (Phi) is 12.2. The number of aryl methyl sites for hydroxylation is 2. The van der Waals surface area contributed by atoms with Crippen LogP contribution >= 0.6 is 22.9 Å². The minimum absolute atomic E-state index is 0.0965.